The van der Waals surface area contributed by atoms with Crippen molar-refractivity contribution in [2.45, 2.75) is 13.5 Å². The van der Waals surface area contributed by atoms with E-state index in [4.69, 9.17) is 11.6 Å². The minimum absolute atomic E-state index is 0.0549. The van der Waals surface area contributed by atoms with Crippen molar-refractivity contribution in [2.75, 3.05) is 26.2 Å². The number of aromatic nitrogens is 2. The summed E-state index contributed by atoms with van der Waals surface area (Å²) in [6, 6.07) is 3.95. The molecule has 0 spiro atoms. The predicted octanol–water partition coefficient (Wildman–Crippen LogP) is 2.10. The molecule has 1 aliphatic rings. The average Bonchev–Trinajstić information content (AvgIpc) is 3.06. The average molecular weight is 341 g/mol. The maximum absolute atomic E-state index is 12.4. The van der Waals surface area contributed by atoms with E-state index >= 15 is 0 Å². The van der Waals surface area contributed by atoms with E-state index in [1.54, 1.807) is 23.2 Å². The van der Waals surface area contributed by atoms with E-state index < -0.39 is 0 Å². The molecule has 2 N–H and O–H groups in total. The molecule has 0 radical (unpaired) electrons. The van der Waals surface area contributed by atoms with Gasteiger partial charge in [-0.25, -0.2) is 0 Å². The van der Waals surface area contributed by atoms with Crippen LogP contribution in [0.1, 0.15) is 21.1 Å². The van der Waals surface area contributed by atoms with Crippen molar-refractivity contribution in [2.24, 2.45) is 0 Å². The fourth-order valence-corrected chi connectivity index (χ4v) is 3.63. The van der Waals surface area contributed by atoms with Crippen LogP contribution in [0.25, 0.3) is 0 Å². The van der Waals surface area contributed by atoms with Crippen molar-refractivity contribution in [3.05, 3.63) is 32.7 Å². The van der Waals surface area contributed by atoms with Gasteiger partial charge in [-0.1, -0.05) is 11.6 Å². The molecule has 3 rings (SSSR count). The van der Waals surface area contributed by atoms with Crippen molar-refractivity contribution in [1.82, 2.24) is 20.0 Å². The van der Waals surface area contributed by atoms with Crippen molar-refractivity contribution in [3.8, 4) is 5.75 Å². The third-order valence-corrected chi connectivity index (χ3v) is 5.01. The van der Waals surface area contributed by atoms with Crippen LogP contribution in [0.3, 0.4) is 0 Å². The number of carbonyl (C=O) groups is 1. The van der Waals surface area contributed by atoms with Gasteiger partial charge < -0.3 is 10.0 Å². The van der Waals surface area contributed by atoms with Crippen LogP contribution in [0.15, 0.2) is 12.1 Å². The summed E-state index contributed by atoms with van der Waals surface area (Å²) >= 11 is 7.53. The van der Waals surface area contributed by atoms with Crippen LogP contribution >= 0.6 is 22.9 Å². The van der Waals surface area contributed by atoms with Gasteiger partial charge in [0.05, 0.1) is 4.34 Å². The molecule has 2 aromatic rings. The zero-order chi connectivity index (χ0) is 15.7. The van der Waals surface area contributed by atoms with Crippen LogP contribution in [-0.4, -0.2) is 57.2 Å². The Morgan fingerprint density at radius 2 is 2.14 bits per heavy atom. The van der Waals surface area contributed by atoms with E-state index in [0.29, 0.717) is 18.8 Å². The van der Waals surface area contributed by atoms with Gasteiger partial charge in [0.2, 0.25) is 0 Å². The Labute approximate surface area is 137 Å². The number of piperazine rings is 1. The Hall–Kier alpha value is -1.57. The largest absolute Gasteiger partial charge is 0.504 e. The van der Waals surface area contributed by atoms with E-state index in [-0.39, 0.29) is 17.4 Å². The third kappa shape index (κ3) is 3.11. The molecule has 8 heteroatoms. The zero-order valence-electron chi connectivity index (χ0n) is 12.2. The molecule has 0 unspecified atom stereocenters. The number of aryl methyl sites for hydroxylation is 1. The molecule has 1 fully saturated rings. The lowest BCUT2D eigenvalue weighted by Gasteiger charge is -2.34. The summed E-state index contributed by atoms with van der Waals surface area (Å²) in [7, 11) is 0. The van der Waals surface area contributed by atoms with Crippen LogP contribution < -0.4 is 0 Å². The van der Waals surface area contributed by atoms with Gasteiger partial charge >= 0.3 is 0 Å². The number of nitrogens with one attached hydrogen (secondary N) is 1. The molecule has 1 saturated heterocycles. The second-order valence-corrected chi connectivity index (χ2v) is 7.11. The summed E-state index contributed by atoms with van der Waals surface area (Å²) in [5, 5.41) is 16.3. The number of carbonyl (C=O) groups excluding carboxylic acids is 1. The highest BCUT2D eigenvalue weighted by molar-refractivity contribution is 7.16. The molecule has 0 bridgehead atoms. The topological polar surface area (TPSA) is 72.5 Å². The van der Waals surface area contributed by atoms with Gasteiger partial charge in [-0.2, -0.15) is 5.10 Å². The normalized spacial score (nSPS) is 16.2. The predicted molar refractivity (Wildman–Crippen MR) is 85.5 cm³/mol. The quantitative estimate of drug-likeness (QED) is 0.897. The maximum Gasteiger partial charge on any atom is 0.275 e. The zero-order valence-corrected chi connectivity index (χ0v) is 13.7. The highest BCUT2D eigenvalue weighted by atomic mass is 35.5. The molecule has 118 valence electrons. The minimum atomic E-state index is -0.197. The van der Waals surface area contributed by atoms with Crippen LogP contribution in [0.5, 0.6) is 5.75 Å². The van der Waals surface area contributed by atoms with Gasteiger partial charge in [0.1, 0.15) is 5.69 Å². The molecule has 0 saturated carbocycles. The standard InChI is InChI=1S/C14H17ClN4O2S/c1-9-13(20)12(17-16-9)14(21)19-6-4-18(5-7-19)8-10-2-3-11(15)22-10/h2-3,20H,4-8H2,1H3,(H,16,17). The monoisotopic (exact) mass is 340 g/mol. The molecular formula is C14H17ClN4O2S. The van der Waals surface area contributed by atoms with Crippen LogP contribution in [-0.2, 0) is 6.54 Å². The molecule has 3 heterocycles. The van der Waals surface area contributed by atoms with Gasteiger partial charge in [0, 0.05) is 37.6 Å². The first-order valence-electron chi connectivity index (χ1n) is 7.04. The van der Waals surface area contributed by atoms with Gasteiger partial charge in [0.15, 0.2) is 11.4 Å². The Kier molecular flexibility index (Phi) is 4.37. The summed E-state index contributed by atoms with van der Waals surface area (Å²) in [6.45, 7) is 5.38. The summed E-state index contributed by atoms with van der Waals surface area (Å²) in [6.07, 6.45) is 0. The first kappa shape index (κ1) is 15.3. The molecule has 0 aromatic carbocycles. The van der Waals surface area contributed by atoms with Crippen LogP contribution in [0.4, 0.5) is 0 Å². The number of thiophene rings is 1. The maximum atomic E-state index is 12.4. The van der Waals surface area contributed by atoms with Crippen LogP contribution in [0, 0.1) is 6.92 Å². The lowest BCUT2D eigenvalue weighted by Crippen LogP contribution is -2.48. The van der Waals surface area contributed by atoms with Crippen LogP contribution in [0.2, 0.25) is 4.34 Å². The molecular weight excluding hydrogens is 324 g/mol. The van der Waals surface area contributed by atoms with E-state index in [9.17, 15) is 9.90 Å². The van der Waals surface area contributed by atoms with E-state index in [1.165, 1.54) is 4.88 Å². The van der Waals surface area contributed by atoms with Crippen molar-refractivity contribution in [1.29, 1.82) is 0 Å². The number of halogens is 1. The highest BCUT2D eigenvalue weighted by Gasteiger charge is 2.26. The van der Waals surface area contributed by atoms with Crippen molar-refractivity contribution >= 4 is 28.8 Å². The molecule has 2 aromatic heterocycles. The van der Waals surface area contributed by atoms with Gasteiger partial charge in [-0.05, 0) is 19.1 Å². The Bertz CT molecular complexity index is 676. The smallest absolute Gasteiger partial charge is 0.275 e. The third-order valence-electron chi connectivity index (χ3n) is 3.80. The lowest BCUT2D eigenvalue weighted by molar-refractivity contribution is 0.0621. The molecule has 1 aliphatic heterocycles. The van der Waals surface area contributed by atoms with Gasteiger partial charge in [-0.15, -0.1) is 11.3 Å². The number of amides is 1. The van der Waals surface area contributed by atoms with Gasteiger partial charge in [0.25, 0.3) is 5.91 Å². The number of aromatic amines is 1. The number of nitrogens with zero attached hydrogens (tertiary/aromatic N) is 3. The highest BCUT2D eigenvalue weighted by Crippen LogP contribution is 2.24. The number of aromatic hydroxyl groups is 1. The number of H-pyrrole nitrogens is 1. The fraction of sp³-hybridized carbons (Fsp3) is 0.429. The lowest BCUT2D eigenvalue weighted by atomic mass is 10.2. The van der Waals surface area contributed by atoms with Crippen molar-refractivity contribution < 1.29 is 9.90 Å². The number of hydrogen-bond acceptors (Lipinski definition) is 5. The number of rotatable bonds is 3. The Balaban J connectivity index is 1.57. The SMILES string of the molecule is Cc1n[nH]c(C(=O)N2CCN(Cc3ccc(Cl)s3)CC2)c1O. The number of hydrogen-bond donors (Lipinski definition) is 2. The molecule has 1 amide bonds. The van der Waals surface area contributed by atoms with E-state index in [0.717, 1.165) is 24.0 Å². The summed E-state index contributed by atoms with van der Waals surface area (Å²) in [5.74, 6) is -0.252. The second-order valence-electron chi connectivity index (χ2n) is 5.31. The summed E-state index contributed by atoms with van der Waals surface area (Å²) < 4.78 is 0.800. The molecule has 22 heavy (non-hydrogen) atoms. The summed E-state index contributed by atoms with van der Waals surface area (Å²) in [4.78, 5) is 17.6. The van der Waals surface area contributed by atoms with E-state index in [1.807, 2.05) is 12.1 Å². The first-order valence-corrected chi connectivity index (χ1v) is 8.24. The van der Waals surface area contributed by atoms with Crippen molar-refractivity contribution in [3.63, 3.8) is 0 Å². The van der Waals surface area contributed by atoms with Gasteiger partial charge in [-0.3, -0.25) is 14.8 Å². The Morgan fingerprint density at radius 3 is 2.68 bits per heavy atom. The fourth-order valence-electron chi connectivity index (χ4n) is 2.50. The first-order chi connectivity index (χ1) is 10.5. The Morgan fingerprint density at radius 1 is 1.41 bits per heavy atom. The van der Waals surface area contributed by atoms with E-state index in [2.05, 4.69) is 15.1 Å². The summed E-state index contributed by atoms with van der Waals surface area (Å²) in [5.41, 5.74) is 0.618. The second kappa shape index (κ2) is 6.28. The molecule has 6 nitrogen and oxygen atoms in total. The molecule has 0 atom stereocenters. The molecule has 0 aliphatic carbocycles. The minimum Gasteiger partial charge on any atom is -0.504 e.